The van der Waals surface area contributed by atoms with Crippen LogP contribution in [0.25, 0.3) is 11.3 Å². The fourth-order valence-electron chi connectivity index (χ4n) is 2.26. The fraction of sp³-hybridized carbons (Fsp3) is 0.167. The van der Waals surface area contributed by atoms with Crippen LogP contribution >= 0.6 is 11.3 Å². The molecule has 3 aromatic rings. The van der Waals surface area contributed by atoms with Crippen molar-refractivity contribution in [2.24, 2.45) is 0 Å². The number of hydrogen-bond donors (Lipinski definition) is 1. The number of sulfonamides is 1. The Bertz CT molecular complexity index is 962. The van der Waals surface area contributed by atoms with E-state index in [0.29, 0.717) is 5.69 Å². The molecule has 0 aliphatic rings. The van der Waals surface area contributed by atoms with Gasteiger partial charge in [-0.3, -0.25) is 4.31 Å². The van der Waals surface area contributed by atoms with Crippen LogP contribution in [0.2, 0.25) is 0 Å². The highest BCUT2D eigenvalue weighted by molar-refractivity contribution is 7.92. The lowest BCUT2D eigenvalue weighted by Crippen LogP contribution is -2.24. The van der Waals surface area contributed by atoms with Crippen molar-refractivity contribution in [2.75, 3.05) is 22.9 Å². The van der Waals surface area contributed by atoms with Gasteiger partial charge < -0.3 is 5.32 Å². The van der Waals surface area contributed by atoms with Crippen LogP contribution in [-0.4, -0.2) is 26.7 Å². The molecule has 5 nitrogen and oxygen atoms in total. The molecule has 1 aromatic heterocycles. The van der Waals surface area contributed by atoms with Gasteiger partial charge in [0.05, 0.1) is 17.6 Å². The van der Waals surface area contributed by atoms with Crippen LogP contribution in [-0.2, 0) is 10.0 Å². The van der Waals surface area contributed by atoms with Gasteiger partial charge in [-0.05, 0) is 31.2 Å². The third-order valence-electron chi connectivity index (χ3n) is 3.83. The van der Waals surface area contributed by atoms with Gasteiger partial charge in [0.1, 0.15) is 0 Å². The Labute approximate surface area is 152 Å². The van der Waals surface area contributed by atoms with Crippen LogP contribution in [0, 0.1) is 6.92 Å². The summed E-state index contributed by atoms with van der Waals surface area (Å²) in [6.45, 7) is 2.05. The summed E-state index contributed by atoms with van der Waals surface area (Å²) in [5, 5.41) is 6.08. The van der Waals surface area contributed by atoms with E-state index >= 15 is 0 Å². The van der Waals surface area contributed by atoms with Gasteiger partial charge in [-0.2, -0.15) is 0 Å². The summed E-state index contributed by atoms with van der Waals surface area (Å²) in [6.07, 6.45) is 1.18. The first-order valence-electron chi connectivity index (χ1n) is 7.66. The molecule has 0 bridgehead atoms. The van der Waals surface area contributed by atoms with E-state index in [9.17, 15) is 8.42 Å². The maximum Gasteiger partial charge on any atom is 0.231 e. The van der Waals surface area contributed by atoms with Crippen molar-refractivity contribution in [1.29, 1.82) is 0 Å². The Balaban J connectivity index is 1.77. The zero-order valence-corrected chi connectivity index (χ0v) is 15.9. The summed E-state index contributed by atoms with van der Waals surface area (Å²) in [5.74, 6) is 0. The molecule has 0 unspecified atom stereocenters. The minimum atomic E-state index is -3.26. The molecule has 0 saturated carbocycles. The standard InChI is InChI=1S/C18H19N3O2S2/c1-13-4-8-15(9-5-13)19-18-20-17(12-24-18)14-6-10-16(11-7-14)21(2)25(3,22)23/h4-12H,1-3H3,(H,19,20). The number of hydrogen-bond acceptors (Lipinski definition) is 5. The van der Waals surface area contributed by atoms with Crippen molar-refractivity contribution in [2.45, 2.75) is 6.92 Å². The van der Waals surface area contributed by atoms with Crippen molar-refractivity contribution in [3.05, 3.63) is 59.5 Å². The SMILES string of the molecule is Cc1ccc(Nc2nc(-c3ccc(N(C)S(C)(=O)=O)cc3)cs2)cc1. The van der Waals surface area contributed by atoms with Crippen molar-refractivity contribution in [3.63, 3.8) is 0 Å². The molecule has 0 amide bonds. The molecule has 0 spiro atoms. The second-order valence-corrected chi connectivity index (χ2v) is 8.68. The number of aromatic nitrogens is 1. The first-order chi connectivity index (χ1) is 11.8. The summed E-state index contributed by atoms with van der Waals surface area (Å²) < 4.78 is 24.4. The normalized spacial score (nSPS) is 11.3. The molecule has 1 N–H and O–H groups in total. The lowest BCUT2D eigenvalue weighted by Gasteiger charge is -2.16. The van der Waals surface area contributed by atoms with Gasteiger partial charge in [0.25, 0.3) is 0 Å². The summed E-state index contributed by atoms with van der Waals surface area (Å²) >= 11 is 1.53. The number of aryl methyl sites for hydroxylation is 1. The van der Waals surface area contributed by atoms with Crippen LogP contribution in [0.5, 0.6) is 0 Å². The topological polar surface area (TPSA) is 62.3 Å². The molecule has 0 aliphatic heterocycles. The van der Waals surface area contributed by atoms with E-state index in [1.807, 2.05) is 41.8 Å². The molecule has 0 aliphatic carbocycles. The van der Waals surface area contributed by atoms with Gasteiger partial charge >= 0.3 is 0 Å². The van der Waals surface area contributed by atoms with E-state index in [-0.39, 0.29) is 0 Å². The molecular weight excluding hydrogens is 354 g/mol. The Morgan fingerprint density at radius 1 is 1.04 bits per heavy atom. The van der Waals surface area contributed by atoms with Gasteiger partial charge in [-0.25, -0.2) is 13.4 Å². The number of rotatable bonds is 5. The highest BCUT2D eigenvalue weighted by Crippen LogP contribution is 2.28. The second kappa shape index (κ2) is 6.85. The third kappa shape index (κ3) is 4.18. The fourth-order valence-corrected chi connectivity index (χ4v) is 3.50. The summed E-state index contributed by atoms with van der Waals surface area (Å²) in [5.41, 5.74) is 4.63. The van der Waals surface area contributed by atoms with E-state index in [4.69, 9.17) is 0 Å². The average molecular weight is 374 g/mol. The summed E-state index contributed by atoms with van der Waals surface area (Å²) in [7, 11) is -1.72. The van der Waals surface area contributed by atoms with E-state index < -0.39 is 10.0 Å². The van der Waals surface area contributed by atoms with Crippen molar-refractivity contribution >= 4 is 37.9 Å². The molecule has 2 aromatic carbocycles. The molecular formula is C18H19N3O2S2. The van der Waals surface area contributed by atoms with Crippen LogP contribution < -0.4 is 9.62 Å². The van der Waals surface area contributed by atoms with Gasteiger partial charge in [0, 0.05) is 23.7 Å². The molecule has 0 saturated heterocycles. The number of nitrogens with one attached hydrogen (secondary N) is 1. The molecule has 130 valence electrons. The van der Waals surface area contributed by atoms with E-state index in [1.54, 1.807) is 12.1 Å². The lowest BCUT2D eigenvalue weighted by molar-refractivity contribution is 0.600. The molecule has 25 heavy (non-hydrogen) atoms. The summed E-state index contributed by atoms with van der Waals surface area (Å²) in [4.78, 5) is 4.60. The first-order valence-corrected chi connectivity index (χ1v) is 10.4. The van der Waals surface area contributed by atoms with Crippen molar-refractivity contribution < 1.29 is 8.42 Å². The molecule has 0 fully saturated rings. The zero-order chi connectivity index (χ0) is 18.0. The van der Waals surface area contributed by atoms with Gasteiger partial charge in [-0.1, -0.05) is 29.8 Å². The second-order valence-electron chi connectivity index (χ2n) is 5.81. The third-order valence-corrected chi connectivity index (χ3v) is 5.79. The van der Waals surface area contributed by atoms with Gasteiger partial charge in [-0.15, -0.1) is 11.3 Å². The molecule has 0 radical (unpaired) electrons. The van der Waals surface area contributed by atoms with Gasteiger partial charge in [0.2, 0.25) is 10.0 Å². The maximum absolute atomic E-state index is 11.6. The minimum Gasteiger partial charge on any atom is -0.332 e. The smallest absolute Gasteiger partial charge is 0.231 e. The molecule has 0 atom stereocenters. The highest BCUT2D eigenvalue weighted by atomic mass is 32.2. The number of thiazole rings is 1. The van der Waals surface area contributed by atoms with Crippen molar-refractivity contribution in [3.8, 4) is 11.3 Å². The first kappa shape index (κ1) is 17.4. The monoisotopic (exact) mass is 373 g/mol. The predicted molar refractivity (Wildman–Crippen MR) is 105 cm³/mol. The summed E-state index contributed by atoms with van der Waals surface area (Å²) in [6, 6.07) is 15.5. The highest BCUT2D eigenvalue weighted by Gasteiger charge is 2.12. The number of benzene rings is 2. The van der Waals surface area contributed by atoms with Crippen molar-refractivity contribution in [1.82, 2.24) is 4.98 Å². The quantitative estimate of drug-likeness (QED) is 0.726. The minimum absolute atomic E-state index is 0.625. The Morgan fingerprint density at radius 2 is 1.68 bits per heavy atom. The van der Waals surface area contributed by atoms with Crippen LogP contribution in [0.1, 0.15) is 5.56 Å². The average Bonchev–Trinajstić information content (AvgIpc) is 3.04. The number of nitrogens with zero attached hydrogens (tertiary/aromatic N) is 2. The van der Waals surface area contributed by atoms with Crippen LogP contribution in [0.15, 0.2) is 53.9 Å². The van der Waals surface area contributed by atoms with Gasteiger partial charge in [0.15, 0.2) is 5.13 Å². The Kier molecular flexibility index (Phi) is 4.78. The predicted octanol–water partition coefficient (Wildman–Crippen LogP) is 4.26. The maximum atomic E-state index is 11.6. The molecule has 1 heterocycles. The zero-order valence-electron chi connectivity index (χ0n) is 14.2. The Morgan fingerprint density at radius 3 is 2.28 bits per heavy atom. The largest absolute Gasteiger partial charge is 0.332 e. The number of anilines is 3. The van der Waals surface area contributed by atoms with Crippen LogP contribution in [0.4, 0.5) is 16.5 Å². The van der Waals surface area contributed by atoms with E-state index in [2.05, 4.69) is 17.2 Å². The Hall–Kier alpha value is -2.38. The lowest BCUT2D eigenvalue weighted by atomic mass is 10.1. The van der Waals surface area contributed by atoms with E-state index in [1.165, 1.54) is 34.5 Å². The van der Waals surface area contributed by atoms with Crippen LogP contribution in [0.3, 0.4) is 0 Å². The van der Waals surface area contributed by atoms with E-state index in [0.717, 1.165) is 22.1 Å². The molecule has 3 rings (SSSR count). The molecule has 7 heteroatoms.